The van der Waals surface area contributed by atoms with Crippen molar-refractivity contribution in [1.82, 2.24) is 4.98 Å². The van der Waals surface area contributed by atoms with Crippen LogP contribution in [0, 0.1) is 6.92 Å². The third kappa shape index (κ3) is 1.78. The van der Waals surface area contributed by atoms with E-state index in [0.717, 1.165) is 21.8 Å². The summed E-state index contributed by atoms with van der Waals surface area (Å²) in [6, 6.07) is 11.8. The smallest absolute Gasteiger partial charge is 0.0702 e. The first-order valence-electron chi connectivity index (χ1n) is 4.45. The van der Waals surface area contributed by atoms with Gasteiger partial charge in [-0.2, -0.15) is 0 Å². The van der Waals surface area contributed by atoms with Gasteiger partial charge in [0.15, 0.2) is 0 Å². The van der Waals surface area contributed by atoms with Crippen molar-refractivity contribution >= 4 is 11.6 Å². The summed E-state index contributed by atoms with van der Waals surface area (Å²) in [7, 11) is 0. The van der Waals surface area contributed by atoms with Crippen molar-refractivity contribution in [3.63, 3.8) is 0 Å². The molecule has 70 valence electrons. The highest BCUT2D eigenvalue weighted by Crippen LogP contribution is 2.23. The third-order valence-electron chi connectivity index (χ3n) is 2.13. The lowest BCUT2D eigenvalue weighted by Crippen LogP contribution is -1.83. The predicted octanol–water partition coefficient (Wildman–Crippen LogP) is 3.71. The van der Waals surface area contributed by atoms with Crippen LogP contribution in [0.5, 0.6) is 0 Å². The minimum atomic E-state index is 0.785. The molecule has 1 nitrogen and oxygen atoms in total. The molecule has 0 amide bonds. The quantitative estimate of drug-likeness (QED) is 0.689. The maximum Gasteiger partial charge on any atom is 0.0702 e. The zero-order valence-corrected chi connectivity index (χ0v) is 8.62. The van der Waals surface area contributed by atoms with E-state index in [9.17, 15) is 0 Å². The van der Waals surface area contributed by atoms with Crippen LogP contribution in [0.15, 0.2) is 42.6 Å². The van der Waals surface area contributed by atoms with Crippen LogP contribution in [-0.2, 0) is 0 Å². The zero-order valence-electron chi connectivity index (χ0n) is 7.87. The normalized spacial score (nSPS) is 10.1. The van der Waals surface area contributed by atoms with Crippen LogP contribution in [0.3, 0.4) is 0 Å². The summed E-state index contributed by atoms with van der Waals surface area (Å²) in [4.78, 5) is 4.26. The van der Waals surface area contributed by atoms with Gasteiger partial charge in [0.1, 0.15) is 0 Å². The van der Waals surface area contributed by atoms with Crippen molar-refractivity contribution in [2.24, 2.45) is 0 Å². The van der Waals surface area contributed by atoms with E-state index in [2.05, 4.69) is 4.98 Å². The van der Waals surface area contributed by atoms with Crippen LogP contribution in [0.1, 0.15) is 5.56 Å². The number of hydrogen-bond donors (Lipinski definition) is 0. The molecule has 1 aromatic carbocycles. The molecule has 0 unspecified atom stereocenters. The number of nitrogens with zero attached hydrogens (tertiary/aromatic N) is 1. The molecule has 2 aromatic rings. The maximum absolute atomic E-state index is 6.04. The van der Waals surface area contributed by atoms with Gasteiger partial charge in [-0.05, 0) is 30.7 Å². The van der Waals surface area contributed by atoms with Gasteiger partial charge in [0.05, 0.1) is 5.69 Å². The number of benzene rings is 1. The average molecular weight is 204 g/mol. The van der Waals surface area contributed by atoms with Crippen molar-refractivity contribution in [1.29, 1.82) is 0 Å². The van der Waals surface area contributed by atoms with E-state index in [4.69, 9.17) is 11.6 Å². The molecule has 0 saturated heterocycles. The van der Waals surface area contributed by atoms with Gasteiger partial charge in [-0.3, -0.25) is 4.98 Å². The minimum Gasteiger partial charge on any atom is -0.256 e. The second-order valence-electron chi connectivity index (χ2n) is 3.18. The van der Waals surface area contributed by atoms with Crippen LogP contribution in [0.2, 0.25) is 5.02 Å². The van der Waals surface area contributed by atoms with Crippen LogP contribution >= 0.6 is 11.6 Å². The lowest BCUT2D eigenvalue weighted by Gasteiger charge is -2.02. The highest BCUT2D eigenvalue weighted by atomic mass is 35.5. The van der Waals surface area contributed by atoms with Gasteiger partial charge in [0.25, 0.3) is 0 Å². The van der Waals surface area contributed by atoms with Gasteiger partial charge >= 0.3 is 0 Å². The zero-order chi connectivity index (χ0) is 9.97. The molecule has 14 heavy (non-hydrogen) atoms. The van der Waals surface area contributed by atoms with Crippen LogP contribution in [-0.4, -0.2) is 4.98 Å². The molecule has 0 aliphatic carbocycles. The first-order valence-corrected chi connectivity index (χ1v) is 4.83. The van der Waals surface area contributed by atoms with Crippen molar-refractivity contribution < 1.29 is 0 Å². The lowest BCUT2D eigenvalue weighted by molar-refractivity contribution is 1.32. The molecular formula is C12H10ClN. The average Bonchev–Trinajstić information content (AvgIpc) is 2.23. The van der Waals surface area contributed by atoms with Gasteiger partial charge < -0.3 is 0 Å². The Morgan fingerprint density at radius 1 is 1.14 bits per heavy atom. The number of pyridine rings is 1. The Morgan fingerprint density at radius 2 is 2.00 bits per heavy atom. The topological polar surface area (TPSA) is 12.9 Å². The Kier molecular flexibility index (Phi) is 2.51. The first kappa shape index (κ1) is 9.22. The number of hydrogen-bond acceptors (Lipinski definition) is 1. The first-order chi connectivity index (χ1) is 6.77. The molecule has 0 aliphatic rings. The molecule has 0 spiro atoms. The molecule has 2 heteroatoms. The van der Waals surface area contributed by atoms with Gasteiger partial charge in [0, 0.05) is 16.8 Å². The summed E-state index contributed by atoms with van der Waals surface area (Å²) in [5.41, 5.74) is 3.10. The molecule has 0 N–H and O–H groups in total. The molecule has 1 heterocycles. The summed E-state index contributed by atoms with van der Waals surface area (Å²) >= 11 is 6.04. The van der Waals surface area contributed by atoms with Crippen LogP contribution < -0.4 is 0 Å². The van der Waals surface area contributed by atoms with Crippen LogP contribution in [0.25, 0.3) is 11.3 Å². The molecule has 0 radical (unpaired) electrons. The van der Waals surface area contributed by atoms with Gasteiger partial charge in [0.2, 0.25) is 0 Å². The number of aromatic nitrogens is 1. The van der Waals surface area contributed by atoms with Crippen molar-refractivity contribution in [2.75, 3.05) is 0 Å². The molecule has 0 saturated carbocycles. The molecule has 0 aliphatic heterocycles. The molecule has 2 rings (SSSR count). The number of rotatable bonds is 1. The fourth-order valence-electron chi connectivity index (χ4n) is 1.29. The fourth-order valence-corrected chi connectivity index (χ4v) is 1.47. The van der Waals surface area contributed by atoms with E-state index in [1.54, 1.807) is 6.20 Å². The van der Waals surface area contributed by atoms with Crippen molar-refractivity contribution in [3.8, 4) is 11.3 Å². The highest BCUT2D eigenvalue weighted by Gasteiger charge is 2.00. The second kappa shape index (κ2) is 3.81. The van der Waals surface area contributed by atoms with Gasteiger partial charge in [-0.25, -0.2) is 0 Å². The monoisotopic (exact) mass is 203 g/mol. The Balaban J connectivity index is 2.48. The molecule has 1 aromatic heterocycles. The maximum atomic E-state index is 6.04. The molecule has 0 atom stereocenters. The molecule has 0 bridgehead atoms. The Labute approximate surface area is 88.4 Å². The van der Waals surface area contributed by atoms with E-state index in [-0.39, 0.29) is 0 Å². The summed E-state index contributed by atoms with van der Waals surface area (Å²) in [5, 5.41) is 0.785. The summed E-state index contributed by atoms with van der Waals surface area (Å²) in [6.07, 6.45) is 1.78. The Bertz CT molecular complexity index is 437. The predicted molar refractivity (Wildman–Crippen MR) is 59.4 cm³/mol. The highest BCUT2D eigenvalue weighted by molar-refractivity contribution is 6.31. The van der Waals surface area contributed by atoms with Crippen molar-refractivity contribution in [2.45, 2.75) is 6.92 Å². The minimum absolute atomic E-state index is 0.785. The van der Waals surface area contributed by atoms with Crippen molar-refractivity contribution in [3.05, 3.63) is 53.2 Å². The fraction of sp³-hybridized carbons (Fsp3) is 0.0833. The molecular weight excluding hydrogens is 194 g/mol. The summed E-state index contributed by atoms with van der Waals surface area (Å²) < 4.78 is 0. The summed E-state index contributed by atoms with van der Waals surface area (Å²) in [5.74, 6) is 0. The van der Waals surface area contributed by atoms with E-state index >= 15 is 0 Å². The van der Waals surface area contributed by atoms with E-state index in [1.807, 2.05) is 43.3 Å². The van der Waals surface area contributed by atoms with E-state index in [0.29, 0.717) is 0 Å². The SMILES string of the molecule is Cc1ccc(-c2ccccn2)cc1Cl. The largest absolute Gasteiger partial charge is 0.256 e. The summed E-state index contributed by atoms with van der Waals surface area (Å²) in [6.45, 7) is 1.99. The van der Waals surface area contributed by atoms with Gasteiger partial charge in [-0.15, -0.1) is 0 Å². The number of aryl methyl sites for hydroxylation is 1. The Morgan fingerprint density at radius 3 is 2.64 bits per heavy atom. The van der Waals surface area contributed by atoms with E-state index < -0.39 is 0 Å². The van der Waals surface area contributed by atoms with Gasteiger partial charge in [-0.1, -0.05) is 29.8 Å². The third-order valence-corrected chi connectivity index (χ3v) is 2.54. The van der Waals surface area contributed by atoms with E-state index in [1.165, 1.54) is 0 Å². The Hall–Kier alpha value is -1.34. The molecule has 0 fully saturated rings. The second-order valence-corrected chi connectivity index (χ2v) is 3.59. The van der Waals surface area contributed by atoms with Crippen LogP contribution in [0.4, 0.5) is 0 Å². The standard InChI is InChI=1S/C12H10ClN/c1-9-5-6-10(8-11(9)13)12-4-2-3-7-14-12/h2-8H,1H3. The number of halogens is 1. The lowest BCUT2D eigenvalue weighted by atomic mass is 10.1.